The third-order valence-corrected chi connectivity index (χ3v) is 5.32. The van der Waals surface area contributed by atoms with Crippen LogP contribution in [0.15, 0.2) is 17.7 Å². The topological polar surface area (TPSA) is 78.5 Å². The highest BCUT2D eigenvalue weighted by molar-refractivity contribution is 6.34. The van der Waals surface area contributed by atoms with E-state index in [9.17, 15) is 14.4 Å². The molecule has 7 heteroatoms. The number of halogens is 1. The van der Waals surface area contributed by atoms with Gasteiger partial charge in [-0.25, -0.2) is 4.79 Å². The molecule has 0 spiro atoms. The number of fused-ring (bicyclic) bond motifs is 1. The number of benzene rings is 1. The maximum atomic E-state index is 11.9. The van der Waals surface area contributed by atoms with Crippen molar-refractivity contribution in [3.63, 3.8) is 0 Å². The Morgan fingerprint density at radius 2 is 1.80 bits per heavy atom. The van der Waals surface area contributed by atoms with Gasteiger partial charge in [-0.15, -0.1) is 0 Å². The zero-order chi connectivity index (χ0) is 18.5. The number of nitrogens with one attached hydrogen (secondary N) is 2. The molecule has 25 heavy (non-hydrogen) atoms. The van der Waals surface area contributed by atoms with Crippen LogP contribution in [0.2, 0.25) is 5.02 Å². The molecule has 0 aliphatic carbocycles. The molecule has 1 aromatic rings. The molecular weight excluding hydrogens is 342 g/mol. The number of carbonyl (C=O) groups excluding carboxylic acids is 3. The second-order valence-corrected chi connectivity index (χ2v) is 7.61. The summed E-state index contributed by atoms with van der Waals surface area (Å²) in [5, 5.41) is 4.56. The van der Waals surface area contributed by atoms with E-state index in [4.69, 9.17) is 11.6 Å². The molecule has 0 unspecified atom stereocenters. The van der Waals surface area contributed by atoms with Gasteiger partial charge in [-0.3, -0.25) is 20.2 Å². The maximum Gasteiger partial charge on any atom is 0.328 e. The largest absolute Gasteiger partial charge is 0.369 e. The van der Waals surface area contributed by atoms with Crippen molar-refractivity contribution in [1.82, 2.24) is 10.6 Å². The predicted molar refractivity (Wildman–Crippen MR) is 96.6 cm³/mol. The lowest BCUT2D eigenvalue weighted by atomic mass is 9.80. The first kappa shape index (κ1) is 17.5. The third-order valence-electron chi connectivity index (χ3n) is 5.00. The smallest absolute Gasteiger partial charge is 0.328 e. The summed E-state index contributed by atoms with van der Waals surface area (Å²) in [5.74, 6) is -1.14. The zero-order valence-corrected chi connectivity index (χ0v) is 15.3. The van der Waals surface area contributed by atoms with Gasteiger partial charge in [0.05, 0.1) is 0 Å². The summed E-state index contributed by atoms with van der Waals surface area (Å²) < 4.78 is 0. The number of amides is 4. The second-order valence-electron chi connectivity index (χ2n) is 7.20. The van der Waals surface area contributed by atoms with Crippen LogP contribution in [-0.4, -0.2) is 30.4 Å². The summed E-state index contributed by atoms with van der Waals surface area (Å²) in [7, 11) is 2.03. The lowest BCUT2D eigenvalue weighted by Crippen LogP contribution is -2.51. The number of carbonyl (C=O) groups is 3. The van der Waals surface area contributed by atoms with Crippen LogP contribution in [0.3, 0.4) is 0 Å². The molecule has 1 atom stereocenters. The molecular formula is C18H20ClN3O3. The highest BCUT2D eigenvalue weighted by atomic mass is 35.5. The number of hydrogen-bond acceptors (Lipinski definition) is 4. The van der Waals surface area contributed by atoms with Gasteiger partial charge < -0.3 is 4.90 Å². The van der Waals surface area contributed by atoms with Crippen molar-refractivity contribution in [3.8, 4) is 0 Å². The van der Waals surface area contributed by atoms with Crippen LogP contribution >= 0.6 is 11.6 Å². The van der Waals surface area contributed by atoms with E-state index in [1.165, 1.54) is 6.08 Å². The molecule has 0 radical (unpaired) electrons. The van der Waals surface area contributed by atoms with Crippen LogP contribution in [0.5, 0.6) is 0 Å². The first-order chi connectivity index (χ1) is 11.6. The van der Waals surface area contributed by atoms with E-state index < -0.39 is 17.8 Å². The Balaban J connectivity index is 2.07. The van der Waals surface area contributed by atoms with Crippen LogP contribution in [0.4, 0.5) is 10.5 Å². The Hall–Kier alpha value is -2.34. The lowest BCUT2D eigenvalue weighted by Gasteiger charge is -2.45. The number of anilines is 1. The fraction of sp³-hybridized carbons (Fsp3) is 0.389. The fourth-order valence-electron chi connectivity index (χ4n) is 3.48. The van der Waals surface area contributed by atoms with E-state index in [1.807, 2.05) is 19.2 Å². The molecule has 6 nitrogen and oxygen atoms in total. The quantitative estimate of drug-likeness (QED) is 0.595. The SMILES string of the molecule is C[C@H]1CC(C)(C)N(C)c2cc(Cl)c(C=C3C(=O)NC(=O)NC3=O)cc21. The number of imide groups is 2. The van der Waals surface area contributed by atoms with Crippen molar-refractivity contribution in [1.29, 1.82) is 0 Å². The fourth-order valence-corrected chi connectivity index (χ4v) is 3.69. The molecule has 3 rings (SSSR count). The van der Waals surface area contributed by atoms with E-state index >= 15 is 0 Å². The summed E-state index contributed by atoms with van der Waals surface area (Å²) in [6.45, 7) is 6.52. The van der Waals surface area contributed by atoms with Crippen molar-refractivity contribution in [3.05, 3.63) is 33.9 Å². The Morgan fingerprint density at radius 1 is 1.20 bits per heavy atom. The van der Waals surface area contributed by atoms with Gasteiger partial charge in [0, 0.05) is 23.3 Å². The molecule has 1 saturated heterocycles. The minimum atomic E-state index is -0.818. The maximum absolute atomic E-state index is 11.9. The minimum absolute atomic E-state index is 0.0131. The number of rotatable bonds is 1. The summed E-state index contributed by atoms with van der Waals surface area (Å²) in [5.41, 5.74) is 2.61. The molecule has 2 aliphatic rings. The van der Waals surface area contributed by atoms with Gasteiger partial charge in [0.25, 0.3) is 11.8 Å². The molecule has 132 valence electrons. The molecule has 0 bridgehead atoms. The van der Waals surface area contributed by atoms with Crippen molar-refractivity contribution >= 4 is 41.2 Å². The van der Waals surface area contributed by atoms with Gasteiger partial charge in [0.2, 0.25) is 0 Å². The first-order valence-corrected chi connectivity index (χ1v) is 8.43. The van der Waals surface area contributed by atoms with Crippen LogP contribution in [0.1, 0.15) is 44.2 Å². The molecule has 1 aromatic carbocycles. The van der Waals surface area contributed by atoms with Gasteiger partial charge in [0.15, 0.2) is 0 Å². The number of urea groups is 1. The molecule has 2 heterocycles. The molecule has 1 fully saturated rings. The van der Waals surface area contributed by atoms with E-state index in [0.29, 0.717) is 16.5 Å². The van der Waals surface area contributed by atoms with Gasteiger partial charge in [-0.05, 0) is 55.5 Å². The molecule has 0 saturated carbocycles. The van der Waals surface area contributed by atoms with Crippen molar-refractivity contribution in [2.75, 3.05) is 11.9 Å². The number of nitrogens with zero attached hydrogens (tertiary/aromatic N) is 1. The van der Waals surface area contributed by atoms with Crippen LogP contribution < -0.4 is 15.5 Å². The van der Waals surface area contributed by atoms with E-state index in [2.05, 4.69) is 36.3 Å². The second kappa shape index (κ2) is 5.88. The standard InChI is InChI=1S/C18H20ClN3O3/c1-9-8-18(2,3)22(4)14-7-13(19)10(5-11(9)14)6-12-15(23)20-17(25)21-16(12)24/h5-7,9H,8H2,1-4H3,(H2,20,21,23,24,25)/t9-/m0/s1. The van der Waals surface area contributed by atoms with E-state index in [-0.39, 0.29) is 11.1 Å². The van der Waals surface area contributed by atoms with Gasteiger partial charge in [-0.2, -0.15) is 0 Å². The molecule has 2 N–H and O–H groups in total. The Morgan fingerprint density at radius 3 is 2.40 bits per heavy atom. The van der Waals surface area contributed by atoms with E-state index in [1.54, 1.807) is 0 Å². The van der Waals surface area contributed by atoms with Crippen LogP contribution in [0, 0.1) is 0 Å². The molecule has 0 aromatic heterocycles. The average molecular weight is 362 g/mol. The zero-order valence-electron chi connectivity index (χ0n) is 14.6. The average Bonchev–Trinajstić information content (AvgIpc) is 2.49. The summed E-state index contributed by atoms with van der Waals surface area (Å²) >= 11 is 6.41. The Labute approximate surface area is 151 Å². The Bertz CT molecular complexity index is 807. The lowest BCUT2D eigenvalue weighted by molar-refractivity contribution is -0.123. The first-order valence-electron chi connectivity index (χ1n) is 8.06. The highest BCUT2D eigenvalue weighted by Crippen LogP contribution is 2.44. The normalized spacial score (nSPS) is 22.3. The van der Waals surface area contributed by atoms with Gasteiger partial charge in [0.1, 0.15) is 5.57 Å². The van der Waals surface area contributed by atoms with Crippen molar-refractivity contribution in [2.24, 2.45) is 0 Å². The van der Waals surface area contributed by atoms with Crippen molar-refractivity contribution in [2.45, 2.75) is 38.6 Å². The van der Waals surface area contributed by atoms with Crippen LogP contribution in [-0.2, 0) is 9.59 Å². The summed E-state index contributed by atoms with van der Waals surface area (Å²) in [6.07, 6.45) is 2.40. The molecule has 2 aliphatic heterocycles. The third kappa shape index (κ3) is 3.02. The monoisotopic (exact) mass is 361 g/mol. The van der Waals surface area contributed by atoms with Crippen molar-refractivity contribution < 1.29 is 14.4 Å². The highest BCUT2D eigenvalue weighted by Gasteiger charge is 2.35. The molecule has 4 amide bonds. The summed E-state index contributed by atoms with van der Waals surface area (Å²) in [6, 6.07) is 2.96. The van der Waals surface area contributed by atoms with Crippen LogP contribution in [0.25, 0.3) is 6.08 Å². The number of hydrogen-bond donors (Lipinski definition) is 2. The Kier molecular flexibility index (Phi) is 4.11. The summed E-state index contributed by atoms with van der Waals surface area (Å²) in [4.78, 5) is 37.2. The van der Waals surface area contributed by atoms with Gasteiger partial charge in [-0.1, -0.05) is 18.5 Å². The predicted octanol–water partition coefficient (Wildman–Crippen LogP) is 2.81. The number of barbiturate groups is 1. The van der Waals surface area contributed by atoms with E-state index in [0.717, 1.165) is 17.7 Å². The van der Waals surface area contributed by atoms with Gasteiger partial charge >= 0.3 is 6.03 Å². The minimum Gasteiger partial charge on any atom is -0.369 e.